The number of hydrogen-bond acceptors (Lipinski definition) is 3. The highest BCUT2D eigenvalue weighted by Crippen LogP contribution is 2.22. The minimum Gasteiger partial charge on any atom is -0.273 e. The van der Waals surface area contributed by atoms with Gasteiger partial charge in [0.05, 0.1) is 0 Å². The van der Waals surface area contributed by atoms with E-state index < -0.39 is 10.3 Å². The lowest BCUT2D eigenvalue weighted by molar-refractivity contribution is 0.439. The summed E-state index contributed by atoms with van der Waals surface area (Å²) >= 11 is 1.14. The van der Waals surface area contributed by atoms with Gasteiger partial charge in [-0.2, -0.15) is 8.42 Å². The molecule has 6 heteroatoms. The summed E-state index contributed by atoms with van der Waals surface area (Å²) in [6.45, 7) is 0.434. The minimum atomic E-state index is -3.91. The summed E-state index contributed by atoms with van der Waals surface area (Å²) in [5.41, 5.74) is 0. The van der Waals surface area contributed by atoms with Crippen LogP contribution in [-0.4, -0.2) is 29.0 Å². The van der Waals surface area contributed by atoms with Gasteiger partial charge in [0.2, 0.25) is 0 Å². The van der Waals surface area contributed by atoms with Crippen LogP contribution in [0.25, 0.3) is 0 Å². The molecule has 0 unspecified atom stereocenters. The molecule has 0 spiro atoms. The average Bonchev–Trinajstić information content (AvgIpc) is 2.08. The van der Waals surface area contributed by atoms with Crippen molar-refractivity contribution >= 4 is 22.3 Å². The van der Waals surface area contributed by atoms with E-state index in [1.165, 1.54) is 0 Å². The lowest BCUT2D eigenvalue weighted by atomic mass is 10.5. The molecule has 1 rings (SSSR count). The molecule has 0 aliphatic carbocycles. The van der Waals surface area contributed by atoms with Crippen molar-refractivity contribution in [2.24, 2.45) is 0 Å². The first-order valence-corrected chi connectivity index (χ1v) is 4.83. The van der Waals surface area contributed by atoms with E-state index in [-0.39, 0.29) is 0 Å². The van der Waals surface area contributed by atoms with Gasteiger partial charge in [-0.3, -0.25) is 4.55 Å². The van der Waals surface area contributed by atoms with E-state index in [9.17, 15) is 8.42 Å². The Morgan fingerprint density at radius 3 is 2.44 bits per heavy atom. The van der Waals surface area contributed by atoms with Crippen molar-refractivity contribution < 1.29 is 13.0 Å². The van der Waals surface area contributed by atoms with Crippen LogP contribution in [-0.2, 0) is 10.3 Å². The van der Waals surface area contributed by atoms with Gasteiger partial charge >= 0.3 is 10.3 Å². The van der Waals surface area contributed by atoms with Crippen LogP contribution in [0.15, 0.2) is 0 Å². The molecule has 0 radical (unpaired) electrons. The first-order valence-electron chi connectivity index (χ1n) is 2.49. The molecule has 0 saturated carbocycles. The maximum Gasteiger partial charge on any atom is 0.345 e. The van der Waals surface area contributed by atoms with Crippen LogP contribution in [0.2, 0.25) is 0 Å². The van der Waals surface area contributed by atoms with E-state index in [4.69, 9.17) is 4.55 Å². The van der Waals surface area contributed by atoms with Crippen LogP contribution in [0.1, 0.15) is 6.42 Å². The van der Waals surface area contributed by atoms with Crippen molar-refractivity contribution in [3.63, 3.8) is 0 Å². The topological polar surface area (TPSA) is 57.6 Å². The summed E-state index contributed by atoms with van der Waals surface area (Å²) in [5.74, 6) is 0.778. The zero-order chi connectivity index (χ0) is 6.91. The van der Waals surface area contributed by atoms with Crippen molar-refractivity contribution in [3.8, 4) is 0 Å². The maximum atomic E-state index is 10.3. The molecule has 1 aliphatic heterocycles. The van der Waals surface area contributed by atoms with E-state index in [0.29, 0.717) is 6.54 Å². The van der Waals surface area contributed by atoms with Gasteiger partial charge < -0.3 is 0 Å². The van der Waals surface area contributed by atoms with E-state index in [1.807, 2.05) is 0 Å². The monoisotopic (exact) mass is 169 g/mol. The lowest BCUT2D eigenvalue weighted by Crippen LogP contribution is -2.20. The van der Waals surface area contributed by atoms with Crippen LogP contribution >= 0.6 is 11.9 Å². The van der Waals surface area contributed by atoms with Crippen LogP contribution in [0.3, 0.4) is 0 Å². The highest BCUT2D eigenvalue weighted by molar-refractivity contribution is 8.06. The molecule has 4 nitrogen and oxygen atoms in total. The molecule has 0 atom stereocenters. The second-order valence-corrected chi connectivity index (χ2v) is 4.37. The number of hydrogen-bond donors (Lipinski definition) is 1. The zero-order valence-electron chi connectivity index (χ0n) is 4.65. The van der Waals surface area contributed by atoms with Crippen molar-refractivity contribution in [1.82, 2.24) is 3.71 Å². The molecule has 0 aromatic carbocycles. The Bertz CT molecular complexity index is 181. The molecular weight excluding hydrogens is 162 g/mol. The average molecular weight is 169 g/mol. The van der Waals surface area contributed by atoms with E-state index in [0.717, 1.165) is 27.8 Å². The Kier molecular flexibility index (Phi) is 2.00. The van der Waals surface area contributed by atoms with E-state index in [2.05, 4.69) is 0 Å². The summed E-state index contributed by atoms with van der Waals surface area (Å²) < 4.78 is 30.0. The molecule has 0 aromatic rings. The summed E-state index contributed by atoms with van der Waals surface area (Å²) in [5, 5.41) is 0. The molecule has 0 amide bonds. The Morgan fingerprint density at radius 2 is 2.22 bits per heavy atom. The quantitative estimate of drug-likeness (QED) is 0.448. The summed E-state index contributed by atoms with van der Waals surface area (Å²) in [6.07, 6.45) is 0.824. The third-order valence-electron chi connectivity index (χ3n) is 0.978. The van der Waals surface area contributed by atoms with Gasteiger partial charge in [0, 0.05) is 12.3 Å². The van der Waals surface area contributed by atoms with Crippen LogP contribution in [0.5, 0.6) is 0 Å². The first-order chi connectivity index (χ1) is 4.11. The normalized spacial score (nSPS) is 22.8. The summed E-state index contributed by atoms with van der Waals surface area (Å²) in [7, 11) is -3.91. The van der Waals surface area contributed by atoms with Crippen molar-refractivity contribution in [1.29, 1.82) is 0 Å². The van der Waals surface area contributed by atoms with Crippen molar-refractivity contribution in [3.05, 3.63) is 0 Å². The molecule has 1 fully saturated rings. The Morgan fingerprint density at radius 1 is 1.56 bits per heavy atom. The molecular formula is C3H7NO3S2. The van der Waals surface area contributed by atoms with E-state index in [1.54, 1.807) is 0 Å². The van der Waals surface area contributed by atoms with Gasteiger partial charge in [0.1, 0.15) is 0 Å². The maximum absolute atomic E-state index is 10.3. The molecule has 1 saturated heterocycles. The zero-order valence-corrected chi connectivity index (χ0v) is 6.28. The minimum absolute atomic E-state index is 0.434. The molecule has 54 valence electrons. The molecule has 1 heterocycles. The third kappa shape index (κ3) is 1.82. The highest BCUT2D eigenvalue weighted by atomic mass is 32.3. The van der Waals surface area contributed by atoms with Gasteiger partial charge in [-0.05, 0) is 6.42 Å². The standard InChI is InChI=1S/C3H7NO3S2/c5-9(6,7)4-2-1-3-8-4/h1-3H2,(H,5,6,7). The number of rotatable bonds is 1. The van der Waals surface area contributed by atoms with Gasteiger partial charge in [0.15, 0.2) is 0 Å². The predicted octanol–water partition coefficient (Wildman–Crippen LogP) is 0.143. The van der Waals surface area contributed by atoms with Crippen LogP contribution in [0.4, 0.5) is 0 Å². The van der Waals surface area contributed by atoms with Gasteiger partial charge in [-0.1, -0.05) is 11.9 Å². The van der Waals surface area contributed by atoms with Crippen LogP contribution in [0, 0.1) is 0 Å². The SMILES string of the molecule is O=S(=O)(O)N1CCCS1. The highest BCUT2D eigenvalue weighted by Gasteiger charge is 2.23. The molecule has 1 N–H and O–H groups in total. The molecule has 1 aliphatic rings. The molecule has 0 aromatic heterocycles. The lowest BCUT2D eigenvalue weighted by Gasteiger charge is -2.06. The molecule has 9 heavy (non-hydrogen) atoms. The van der Waals surface area contributed by atoms with Crippen molar-refractivity contribution in [2.45, 2.75) is 6.42 Å². The smallest absolute Gasteiger partial charge is 0.273 e. The molecule has 0 bridgehead atoms. The summed E-state index contributed by atoms with van der Waals surface area (Å²) in [4.78, 5) is 0. The van der Waals surface area contributed by atoms with Crippen molar-refractivity contribution in [2.75, 3.05) is 12.3 Å². The van der Waals surface area contributed by atoms with Gasteiger partial charge in [-0.15, -0.1) is 3.71 Å². The Balaban J connectivity index is 2.63. The second kappa shape index (κ2) is 2.45. The third-order valence-corrected chi connectivity index (χ3v) is 3.50. The predicted molar refractivity (Wildman–Crippen MR) is 35.3 cm³/mol. The second-order valence-electron chi connectivity index (χ2n) is 1.69. The largest absolute Gasteiger partial charge is 0.345 e. The fraction of sp³-hybridized carbons (Fsp3) is 1.00. The van der Waals surface area contributed by atoms with Gasteiger partial charge in [-0.25, -0.2) is 0 Å². The fourth-order valence-electron chi connectivity index (χ4n) is 0.607. The van der Waals surface area contributed by atoms with Crippen LogP contribution < -0.4 is 0 Å². The summed E-state index contributed by atoms with van der Waals surface area (Å²) in [6, 6.07) is 0. The Hall–Kier alpha value is 0.220. The number of nitrogens with zero attached hydrogens (tertiary/aromatic N) is 1. The Labute approximate surface area is 58.2 Å². The van der Waals surface area contributed by atoms with Gasteiger partial charge in [0.25, 0.3) is 0 Å². The fourth-order valence-corrected chi connectivity index (χ4v) is 2.44. The first kappa shape index (κ1) is 7.33. The van der Waals surface area contributed by atoms with E-state index >= 15 is 0 Å².